The Balaban J connectivity index is 2.09. The fraction of sp³-hybridized carbons (Fsp3) is 0.391. The van der Waals surface area contributed by atoms with Crippen LogP contribution < -0.4 is 9.64 Å². The number of anilines is 1. The molecule has 0 amide bonds. The van der Waals surface area contributed by atoms with Crippen LogP contribution in [0.1, 0.15) is 44.9 Å². The fourth-order valence-electron chi connectivity index (χ4n) is 3.46. The zero-order valence-corrected chi connectivity index (χ0v) is 17.1. The molecule has 5 heteroatoms. The zero-order valence-electron chi connectivity index (χ0n) is 17.1. The zero-order chi connectivity index (χ0) is 19.8. The van der Waals surface area contributed by atoms with E-state index < -0.39 is 0 Å². The fourth-order valence-corrected chi connectivity index (χ4v) is 3.46. The second-order valence-electron chi connectivity index (χ2n) is 6.82. The maximum atomic E-state index is 5.87. The average Bonchev–Trinajstić information content (AvgIpc) is 3.12. The SMILES string of the molecule is CCCN(CCC)c1c(Cc2ccccc2)nnn1-c1ccccc1OCC. The highest BCUT2D eigenvalue weighted by molar-refractivity contribution is 5.56. The van der Waals surface area contributed by atoms with Crippen LogP contribution in [0.15, 0.2) is 54.6 Å². The van der Waals surface area contributed by atoms with Crippen LogP contribution in [0, 0.1) is 0 Å². The van der Waals surface area contributed by atoms with E-state index in [1.165, 1.54) is 5.56 Å². The second kappa shape index (κ2) is 9.93. The van der Waals surface area contributed by atoms with Gasteiger partial charge in [0.2, 0.25) is 0 Å². The molecule has 0 aliphatic carbocycles. The van der Waals surface area contributed by atoms with Gasteiger partial charge in [0.1, 0.15) is 17.1 Å². The minimum atomic E-state index is 0.617. The van der Waals surface area contributed by atoms with Crippen LogP contribution in [-0.4, -0.2) is 34.7 Å². The van der Waals surface area contributed by atoms with Crippen LogP contribution in [0.5, 0.6) is 5.75 Å². The van der Waals surface area contributed by atoms with E-state index in [1.807, 2.05) is 41.9 Å². The molecule has 5 nitrogen and oxygen atoms in total. The lowest BCUT2D eigenvalue weighted by Gasteiger charge is -2.25. The second-order valence-corrected chi connectivity index (χ2v) is 6.82. The molecule has 1 aromatic heterocycles. The first-order valence-corrected chi connectivity index (χ1v) is 10.2. The smallest absolute Gasteiger partial charge is 0.156 e. The Morgan fingerprint density at radius 1 is 0.893 bits per heavy atom. The average molecular weight is 379 g/mol. The Bertz CT molecular complexity index is 854. The highest BCUT2D eigenvalue weighted by atomic mass is 16.5. The highest BCUT2D eigenvalue weighted by Gasteiger charge is 2.22. The van der Waals surface area contributed by atoms with Gasteiger partial charge in [0.15, 0.2) is 5.82 Å². The molecule has 0 saturated heterocycles. The molecule has 0 bridgehead atoms. The molecule has 0 aliphatic heterocycles. The monoisotopic (exact) mass is 378 g/mol. The van der Waals surface area contributed by atoms with Crippen LogP contribution >= 0.6 is 0 Å². The molecular weight excluding hydrogens is 348 g/mol. The maximum Gasteiger partial charge on any atom is 0.156 e. The third kappa shape index (κ3) is 4.53. The van der Waals surface area contributed by atoms with Crippen molar-refractivity contribution >= 4 is 5.82 Å². The standard InChI is InChI=1S/C23H30N4O/c1-4-16-26(17-5-2)23-20(18-19-12-8-7-9-13-19)24-25-27(23)21-14-10-11-15-22(21)28-6-3/h7-15H,4-6,16-18H2,1-3H3. The molecule has 0 aliphatic rings. The molecule has 0 saturated carbocycles. The first-order valence-electron chi connectivity index (χ1n) is 10.2. The van der Waals surface area contributed by atoms with E-state index in [-0.39, 0.29) is 0 Å². The van der Waals surface area contributed by atoms with Crippen molar-refractivity contribution < 1.29 is 4.74 Å². The summed E-state index contributed by atoms with van der Waals surface area (Å²) in [7, 11) is 0. The lowest BCUT2D eigenvalue weighted by Crippen LogP contribution is -2.28. The normalized spacial score (nSPS) is 10.8. The van der Waals surface area contributed by atoms with Crippen molar-refractivity contribution in [3.63, 3.8) is 0 Å². The number of aromatic nitrogens is 3. The van der Waals surface area contributed by atoms with Gasteiger partial charge in [-0.3, -0.25) is 0 Å². The van der Waals surface area contributed by atoms with Gasteiger partial charge in [0.05, 0.1) is 6.61 Å². The minimum absolute atomic E-state index is 0.617. The first kappa shape index (κ1) is 19.9. The molecule has 0 radical (unpaired) electrons. The Morgan fingerprint density at radius 2 is 1.57 bits per heavy atom. The Kier molecular flexibility index (Phi) is 7.06. The first-order chi connectivity index (χ1) is 13.8. The molecule has 1 heterocycles. The summed E-state index contributed by atoms with van der Waals surface area (Å²) in [6.07, 6.45) is 2.91. The number of hydrogen-bond donors (Lipinski definition) is 0. The van der Waals surface area contributed by atoms with Gasteiger partial charge in [-0.15, -0.1) is 5.10 Å². The van der Waals surface area contributed by atoms with Gasteiger partial charge in [-0.05, 0) is 37.5 Å². The molecule has 0 unspecified atom stereocenters. The Morgan fingerprint density at radius 3 is 2.25 bits per heavy atom. The molecule has 148 valence electrons. The van der Waals surface area contributed by atoms with E-state index in [0.29, 0.717) is 6.61 Å². The molecule has 3 rings (SSSR count). The third-order valence-corrected chi connectivity index (χ3v) is 4.61. The number of ether oxygens (including phenoxy) is 1. The Labute approximate surface area is 167 Å². The van der Waals surface area contributed by atoms with E-state index in [2.05, 4.69) is 53.3 Å². The summed E-state index contributed by atoms with van der Waals surface area (Å²) in [5.41, 5.74) is 3.17. The molecule has 0 spiro atoms. The number of nitrogens with zero attached hydrogens (tertiary/aromatic N) is 4. The van der Waals surface area contributed by atoms with E-state index in [0.717, 1.165) is 55.3 Å². The number of hydrogen-bond acceptors (Lipinski definition) is 4. The third-order valence-electron chi connectivity index (χ3n) is 4.61. The van der Waals surface area contributed by atoms with Gasteiger partial charge < -0.3 is 9.64 Å². The summed E-state index contributed by atoms with van der Waals surface area (Å²) >= 11 is 0. The summed E-state index contributed by atoms with van der Waals surface area (Å²) in [6, 6.07) is 18.5. The summed E-state index contributed by atoms with van der Waals surface area (Å²) in [4.78, 5) is 2.40. The van der Waals surface area contributed by atoms with Gasteiger partial charge >= 0.3 is 0 Å². The lowest BCUT2D eigenvalue weighted by atomic mass is 10.1. The summed E-state index contributed by atoms with van der Waals surface area (Å²) in [5, 5.41) is 9.15. The van der Waals surface area contributed by atoms with Crippen molar-refractivity contribution in [3.05, 3.63) is 65.9 Å². The summed E-state index contributed by atoms with van der Waals surface area (Å²) in [6.45, 7) is 8.98. The van der Waals surface area contributed by atoms with Crippen molar-refractivity contribution in [2.75, 3.05) is 24.6 Å². The predicted octanol–water partition coefficient (Wildman–Crippen LogP) is 4.88. The molecule has 28 heavy (non-hydrogen) atoms. The highest BCUT2D eigenvalue weighted by Crippen LogP contribution is 2.30. The number of benzene rings is 2. The summed E-state index contributed by atoms with van der Waals surface area (Å²) < 4.78 is 7.82. The van der Waals surface area contributed by atoms with Crippen molar-refractivity contribution in [1.82, 2.24) is 15.0 Å². The van der Waals surface area contributed by atoms with E-state index >= 15 is 0 Å². The van der Waals surface area contributed by atoms with E-state index in [4.69, 9.17) is 4.74 Å². The molecular formula is C23H30N4O. The van der Waals surface area contributed by atoms with Gasteiger partial charge in [-0.2, -0.15) is 4.68 Å². The molecule has 0 atom stereocenters. The Hall–Kier alpha value is -2.82. The van der Waals surface area contributed by atoms with E-state index in [9.17, 15) is 0 Å². The molecule has 2 aromatic carbocycles. The lowest BCUT2D eigenvalue weighted by molar-refractivity contribution is 0.338. The minimum Gasteiger partial charge on any atom is -0.492 e. The van der Waals surface area contributed by atoms with E-state index in [1.54, 1.807) is 0 Å². The van der Waals surface area contributed by atoms with Crippen LogP contribution in [-0.2, 0) is 6.42 Å². The van der Waals surface area contributed by atoms with Crippen molar-refractivity contribution in [3.8, 4) is 11.4 Å². The van der Waals surface area contributed by atoms with Gasteiger partial charge in [0.25, 0.3) is 0 Å². The number of para-hydroxylation sites is 2. The number of rotatable bonds is 10. The molecule has 3 aromatic rings. The van der Waals surface area contributed by atoms with Gasteiger partial charge in [-0.25, -0.2) is 0 Å². The van der Waals surface area contributed by atoms with Crippen LogP contribution in [0.2, 0.25) is 0 Å². The van der Waals surface area contributed by atoms with Crippen molar-refractivity contribution in [2.24, 2.45) is 0 Å². The van der Waals surface area contributed by atoms with Crippen molar-refractivity contribution in [2.45, 2.75) is 40.0 Å². The quantitative estimate of drug-likeness (QED) is 0.504. The van der Waals surface area contributed by atoms with Crippen molar-refractivity contribution in [1.29, 1.82) is 0 Å². The maximum absolute atomic E-state index is 5.87. The molecule has 0 fully saturated rings. The summed E-state index contributed by atoms with van der Waals surface area (Å²) in [5.74, 6) is 1.90. The topological polar surface area (TPSA) is 43.2 Å². The van der Waals surface area contributed by atoms with Gasteiger partial charge in [0, 0.05) is 19.5 Å². The largest absolute Gasteiger partial charge is 0.492 e. The van der Waals surface area contributed by atoms with Crippen LogP contribution in [0.25, 0.3) is 5.69 Å². The van der Waals surface area contributed by atoms with Crippen LogP contribution in [0.3, 0.4) is 0 Å². The van der Waals surface area contributed by atoms with Crippen LogP contribution in [0.4, 0.5) is 5.82 Å². The van der Waals surface area contributed by atoms with Gasteiger partial charge in [-0.1, -0.05) is 61.5 Å². The molecule has 0 N–H and O–H groups in total. The predicted molar refractivity (Wildman–Crippen MR) is 115 cm³/mol.